The van der Waals surface area contributed by atoms with Crippen LogP contribution in [0.3, 0.4) is 0 Å². The van der Waals surface area contributed by atoms with Crippen molar-refractivity contribution >= 4 is 3.81 Å². The monoisotopic (exact) mass is 385 g/mol. The Morgan fingerprint density at radius 1 is 1.19 bits per heavy atom. The molecule has 1 aromatic carbocycles. The molecule has 0 fully saturated rings. The summed E-state index contributed by atoms with van der Waals surface area (Å²) >= 11 is 0.0803. The van der Waals surface area contributed by atoms with Crippen LogP contribution in [-0.4, -0.2) is 3.81 Å². The van der Waals surface area contributed by atoms with Crippen molar-refractivity contribution in [3.63, 3.8) is 0 Å². The summed E-state index contributed by atoms with van der Waals surface area (Å²) in [5.41, 5.74) is 4.09. The molecule has 1 aliphatic rings. The molecule has 0 unspecified atom stereocenters. The molecule has 0 atom stereocenters. The third kappa shape index (κ3) is 8.78. The van der Waals surface area contributed by atoms with Crippen molar-refractivity contribution in [3.8, 4) is 5.75 Å². The fraction of sp³-hybridized carbons (Fsp3) is 0.375. The van der Waals surface area contributed by atoms with Crippen molar-refractivity contribution in [3.05, 3.63) is 75.9 Å². The summed E-state index contributed by atoms with van der Waals surface area (Å²) < 4.78 is 8.74. The van der Waals surface area contributed by atoms with E-state index >= 15 is 0 Å². The molecule has 1 aromatic rings. The second kappa shape index (κ2) is 10.6. The van der Waals surface area contributed by atoms with Crippen molar-refractivity contribution in [1.29, 1.82) is 0 Å². The summed E-state index contributed by atoms with van der Waals surface area (Å²) in [6, 6.07) is 7.94. The van der Waals surface area contributed by atoms with Crippen LogP contribution >= 0.6 is 0 Å². The number of hydrogen-bond acceptors (Lipinski definition) is 1. The number of rotatable bonds is 4. The quantitative estimate of drug-likeness (QED) is 0.308. The summed E-state index contributed by atoms with van der Waals surface area (Å²) in [5, 5.41) is 0. The average Bonchev–Trinajstić information content (AvgIpc) is 3.01. The first-order valence-corrected chi connectivity index (χ1v) is 10.7. The van der Waals surface area contributed by atoms with E-state index in [1.807, 2.05) is 38.1 Å². The van der Waals surface area contributed by atoms with Crippen LogP contribution in [0.5, 0.6) is 5.75 Å². The molecule has 0 saturated heterocycles. The van der Waals surface area contributed by atoms with Crippen LogP contribution < -0.4 is 4.74 Å². The molecule has 139 valence electrons. The van der Waals surface area contributed by atoms with Crippen LogP contribution in [0.4, 0.5) is 0 Å². The molecule has 0 aromatic heterocycles. The van der Waals surface area contributed by atoms with Crippen LogP contribution in [-0.2, 0) is 18.7 Å². The summed E-state index contributed by atoms with van der Waals surface area (Å²) in [6.07, 6.45) is 9.52. The zero-order chi connectivity index (χ0) is 19.7. The standard InChI is InChI=1S/C12H14O.C9H13.C3H6.Ti/c1-4-10(2)9-13-12-7-5-6-11(3)8-12;1-9(2,3)8-6-4-5-7-8;1-3-2;/h4-9H,1H2,2-3H3;6-7H,4H2,1-3H3;1-2H3;. The zero-order valence-corrected chi connectivity index (χ0v) is 19.0. The third-order valence-electron chi connectivity index (χ3n) is 3.84. The van der Waals surface area contributed by atoms with Gasteiger partial charge in [0.25, 0.3) is 0 Å². The van der Waals surface area contributed by atoms with Gasteiger partial charge < -0.3 is 4.74 Å². The maximum atomic E-state index is 5.41. The minimum atomic E-state index is 0.0803. The Kier molecular flexibility index (Phi) is 9.26. The number of ether oxygens (including phenoxy) is 1. The summed E-state index contributed by atoms with van der Waals surface area (Å²) in [6.45, 7) is 19.0. The molecule has 1 nitrogen and oxygen atoms in total. The first kappa shape index (κ1) is 22.6. The first-order chi connectivity index (χ1) is 12.1. The normalized spacial score (nSPS) is 13.7. The van der Waals surface area contributed by atoms with Crippen molar-refractivity contribution in [2.45, 2.75) is 54.9 Å². The molecule has 0 aliphatic heterocycles. The van der Waals surface area contributed by atoms with Crippen molar-refractivity contribution in [2.75, 3.05) is 0 Å². The molecule has 0 heterocycles. The van der Waals surface area contributed by atoms with Gasteiger partial charge in [0.1, 0.15) is 5.75 Å². The Balaban J connectivity index is 0.000000260. The maximum absolute atomic E-state index is 5.41. The van der Waals surface area contributed by atoms with Gasteiger partial charge in [-0.3, -0.25) is 0 Å². The van der Waals surface area contributed by atoms with Crippen LogP contribution in [0.15, 0.2) is 70.4 Å². The van der Waals surface area contributed by atoms with Gasteiger partial charge in [-0.1, -0.05) is 24.8 Å². The molecule has 0 N–H and O–H groups in total. The average molecular weight is 385 g/mol. The van der Waals surface area contributed by atoms with E-state index in [1.54, 1.807) is 20.0 Å². The van der Waals surface area contributed by atoms with E-state index in [0.717, 1.165) is 11.3 Å². The van der Waals surface area contributed by atoms with Gasteiger partial charge in [-0.15, -0.1) is 0 Å². The predicted octanol–water partition coefficient (Wildman–Crippen LogP) is 7.00. The molecule has 0 bridgehead atoms. The van der Waals surface area contributed by atoms with Crippen molar-refractivity contribution in [2.24, 2.45) is 5.41 Å². The van der Waals surface area contributed by atoms with E-state index in [9.17, 15) is 0 Å². The van der Waals surface area contributed by atoms with Gasteiger partial charge in [-0.2, -0.15) is 0 Å². The summed E-state index contributed by atoms with van der Waals surface area (Å²) in [4.78, 5) is 0. The van der Waals surface area contributed by atoms with Gasteiger partial charge in [-0.25, -0.2) is 0 Å². The molecule has 0 amide bonds. The van der Waals surface area contributed by atoms with Gasteiger partial charge in [-0.05, 0) is 37.1 Å². The minimum absolute atomic E-state index is 0.0803. The van der Waals surface area contributed by atoms with Gasteiger partial charge in [0, 0.05) is 0 Å². The van der Waals surface area contributed by atoms with E-state index in [0.29, 0.717) is 5.41 Å². The Hall–Kier alpha value is -1.44. The van der Waals surface area contributed by atoms with Crippen LogP contribution in [0.25, 0.3) is 0 Å². The van der Waals surface area contributed by atoms with E-state index in [-0.39, 0.29) is 18.7 Å². The Labute approximate surface area is 169 Å². The fourth-order valence-corrected chi connectivity index (χ4v) is 4.03. The molecule has 0 radical (unpaired) electrons. The van der Waals surface area contributed by atoms with E-state index in [4.69, 9.17) is 4.74 Å². The van der Waals surface area contributed by atoms with Crippen LogP contribution in [0.2, 0.25) is 0 Å². The SMILES string of the molecule is C=CC(C)=COc1cccc(C)c1.C[C](C)=[Ti][C]1=CC(C(C)(C)C)=CC1. The summed E-state index contributed by atoms with van der Waals surface area (Å²) in [7, 11) is 0. The Morgan fingerprint density at radius 2 is 1.88 bits per heavy atom. The van der Waals surface area contributed by atoms with Gasteiger partial charge in [0.2, 0.25) is 0 Å². The van der Waals surface area contributed by atoms with Crippen LogP contribution in [0, 0.1) is 12.3 Å². The Bertz CT molecular complexity index is 736. The number of aryl methyl sites for hydroxylation is 1. The predicted molar refractivity (Wildman–Crippen MR) is 112 cm³/mol. The second-order valence-electron chi connectivity index (χ2n) is 7.91. The van der Waals surface area contributed by atoms with Crippen molar-refractivity contribution in [1.82, 2.24) is 0 Å². The molecule has 0 saturated carbocycles. The number of allylic oxidation sites excluding steroid dienone is 6. The van der Waals surface area contributed by atoms with E-state index < -0.39 is 0 Å². The van der Waals surface area contributed by atoms with Gasteiger partial charge in [0.05, 0.1) is 6.26 Å². The Morgan fingerprint density at radius 3 is 2.38 bits per heavy atom. The molecule has 26 heavy (non-hydrogen) atoms. The number of benzene rings is 1. The first-order valence-electron chi connectivity index (χ1n) is 9.12. The van der Waals surface area contributed by atoms with Crippen LogP contribution in [0.1, 0.15) is 53.5 Å². The van der Waals surface area contributed by atoms with E-state index in [2.05, 4.69) is 53.3 Å². The molecular formula is C24H33OTi. The molecule has 2 rings (SSSR count). The summed E-state index contributed by atoms with van der Waals surface area (Å²) in [5.74, 6) is 0.862. The molecular weight excluding hydrogens is 352 g/mol. The number of hydrogen-bond donors (Lipinski definition) is 0. The topological polar surface area (TPSA) is 9.23 Å². The van der Waals surface area contributed by atoms with Gasteiger partial charge in [0.15, 0.2) is 0 Å². The fourth-order valence-electron chi connectivity index (χ4n) is 2.35. The van der Waals surface area contributed by atoms with Crippen molar-refractivity contribution < 1.29 is 23.4 Å². The molecule has 1 aliphatic carbocycles. The third-order valence-corrected chi connectivity index (χ3v) is 5.67. The van der Waals surface area contributed by atoms with Gasteiger partial charge >= 0.3 is 90.6 Å². The van der Waals surface area contributed by atoms with E-state index in [1.165, 1.54) is 17.6 Å². The second-order valence-corrected chi connectivity index (χ2v) is 10.9. The zero-order valence-electron chi connectivity index (χ0n) is 17.4. The molecule has 0 spiro atoms. The molecule has 2 heteroatoms.